The molecule has 82 valence electrons. The second kappa shape index (κ2) is 4.33. The average Bonchev–Trinajstić information content (AvgIpc) is 2.12. The molecular weight excluding hydrogens is 176 g/mol. The van der Waals surface area contributed by atoms with E-state index in [-0.39, 0.29) is 11.6 Å². The Hall–Kier alpha value is -0.530. The summed E-state index contributed by atoms with van der Waals surface area (Å²) in [5, 5.41) is 0. The summed E-state index contributed by atoms with van der Waals surface area (Å²) < 4.78 is 5.51. The molecule has 0 bridgehead atoms. The second-order valence-corrected chi connectivity index (χ2v) is 4.97. The molecule has 0 radical (unpaired) electrons. The molecular formula is C12H22O2. The fraction of sp³-hybridized carbons (Fsp3) is 0.917. The summed E-state index contributed by atoms with van der Waals surface area (Å²) in [4.78, 5) is 11.3. The topological polar surface area (TPSA) is 26.3 Å². The summed E-state index contributed by atoms with van der Waals surface area (Å²) in [6.45, 7) is 8.46. The maximum Gasteiger partial charge on any atom is 0.306 e. The summed E-state index contributed by atoms with van der Waals surface area (Å²) in [6.07, 6.45) is 3.69. The lowest BCUT2D eigenvalue weighted by molar-refractivity contribution is -0.163. The minimum Gasteiger partial charge on any atom is -0.459 e. The van der Waals surface area contributed by atoms with E-state index in [0.29, 0.717) is 12.3 Å². The third kappa shape index (κ3) is 2.73. The van der Waals surface area contributed by atoms with Gasteiger partial charge in [-0.2, -0.15) is 0 Å². The molecule has 3 atom stereocenters. The zero-order valence-electron chi connectivity index (χ0n) is 9.80. The highest BCUT2D eigenvalue weighted by molar-refractivity contribution is 5.69. The van der Waals surface area contributed by atoms with E-state index < -0.39 is 0 Å². The van der Waals surface area contributed by atoms with Gasteiger partial charge in [0.25, 0.3) is 0 Å². The molecule has 0 aromatic rings. The zero-order valence-corrected chi connectivity index (χ0v) is 9.80. The lowest BCUT2D eigenvalue weighted by Gasteiger charge is -2.39. The Morgan fingerprint density at radius 3 is 2.57 bits per heavy atom. The van der Waals surface area contributed by atoms with Crippen LogP contribution >= 0.6 is 0 Å². The van der Waals surface area contributed by atoms with Crippen molar-refractivity contribution in [1.29, 1.82) is 0 Å². The Labute approximate surface area is 87.0 Å². The summed E-state index contributed by atoms with van der Waals surface area (Å²) in [7, 11) is 0. The van der Waals surface area contributed by atoms with E-state index in [1.807, 2.05) is 6.92 Å². The van der Waals surface area contributed by atoms with Gasteiger partial charge >= 0.3 is 5.97 Å². The third-order valence-corrected chi connectivity index (χ3v) is 3.50. The van der Waals surface area contributed by atoms with Gasteiger partial charge in [-0.1, -0.05) is 20.8 Å². The molecule has 0 heterocycles. The van der Waals surface area contributed by atoms with Crippen LogP contribution in [0.1, 0.15) is 53.4 Å². The van der Waals surface area contributed by atoms with Crippen molar-refractivity contribution in [1.82, 2.24) is 0 Å². The molecule has 1 fully saturated rings. The van der Waals surface area contributed by atoms with Gasteiger partial charge in [0.2, 0.25) is 0 Å². The van der Waals surface area contributed by atoms with Crippen LogP contribution in [0.3, 0.4) is 0 Å². The van der Waals surface area contributed by atoms with Crippen LogP contribution in [0.4, 0.5) is 0 Å². The van der Waals surface area contributed by atoms with Crippen LogP contribution in [0, 0.1) is 11.8 Å². The van der Waals surface area contributed by atoms with E-state index >= 15 is 0 Å². The second-order valence-electron chi connectivity index (χ2n) is 4.97. The van der Waals surface area contributed by atoms with Crippen LogP contribution in [-0.2, 0) is 9.53 Å². The Morgan fingerprint density at radius 1 is 1.43 bits per heavy atom. The number of ether oxygens (including phenoxy) is 1. The Kier molecular flexibility index (Phi) is 3.57. The van der Waals surface area contributed by atoms with Crippen molar-refractivity contribution in [3.05, 3.63) is 0 Å². The Morgan fingerprint density at radius 2 is 2.07 bits per heavy atom. The first-order valence-electron chi connectivity index (χ1n) is 5.68. The molecule has 0 N–H and O–H groups in total. The molecule has 3 unspecified atom stereocenters. The van der Waals surface area contributed by atoms with E-state index in [1.165, 1.54) is 6.42 Å². The molecule has 2 nitrogen and oxygen atoms in total. The minimum atomic E-state index is -0.195. The summed E-state index contributed by atoms with van der Waals surface area (Å²) in [5.41, 5.74) is -0.195. The van der Waals surface area contributed by atoms with Crippen molar-refractivity contribution in [3.63, 3.8) is 0 Å². The molecule has 14 heavy (non-hydrogen) atoms. The van der Waals surface area contributed by atoms with Gasteiger partial charge in [0.05, 0.1) is 0 Å². The molecule has 0 saturated heterocycles. The Balaban J connectivity index is 2.54. The number of hydrogen-bond acceptors (Lipinski definition) is 2. The van der Waals surface area contributed by atoms with Crippen LogP contribution in [0.15, 0.2) is 0 Å². The van der Waals surface area contributed by atoms with Crippen molar-refractivity contribution in [3.8, 4) is 0 Å². The third-order valence-electron chi connectivity index (χ3n) is 3.50. The predicted octanol–water partition coefficient (Wildman–Crippen LogP) is 3.15. The van der Waals surface area contributed by atoms with E-state index in [1.54, 1.807) is 0 Å². The molecule has 1 rings (SSSR count). The molecule has 0 aromatic carbocycles. The van der Waals surface area contributed by atoms with Gasteiger partial charge < -0.3 is 4.74 Å². The van der Waals surface area contributed by atoms with Crippen LogP contribution < -0.4 is 0 Å². The van der Waals surface area contributed by atoms with Crippen molar-refractivity contribution in [2.45, 2.75) is 59.0 Å². The largest absolute Gasteiger partial charge is 0.459 e. The summed E-state index contributed by atoms with van der Waals surface area (Å²) in [6, 6.07) is 0. The molecule has 2 heteroatoms. The van der Waals surface area contributed by atoms with Gasteiger partial charge in [-0.25, -0.2) is 0 Å². The normalized spacial score (nSPS) is 38.0. The van der Waals surface area contributed by atoms with E-state index in [0.717, 1.165) is 18.8 Å². The number of carbonyl (C=O) groups is 1. The molecule has 0 aliphatic heterocycles. The first-order valence-corrected chi connectivity index (χ1v) is 5.68. The highest BCUT2D eigenvalue weighted by Gasteiger charge is 2.36. The monoisotopic (exact) mass is 198 g/mol. The average molecular weight is 198 g/mol. The molecule has 0 amide bonds. The maximum absolute atomic E-state index is 11.3. The van der Waals surface area contributed by atoms with Crippen LogP contribution in [0.5, 0.6) is 0 Å². The summed E-state index contributed by atoms with van der Waals surface area (Å²) in [5.74, 6) is 1.37. The lowest BCUT2D eigenvalue weighted by Crippen LogP contribution is -2.39. The molecule has 0 spiro atoms. The fourth-order valence-corrected chi connectivity index (χ4v) is 2.24. The van der Waals surface area contributed by atoms with E-state index in [2.05, 4.69) is 20.8 Å². The Bertz CT molecular complexity index is 212. The summed E-state index contributed by atoms with van der Waals surface area (Å²) >= 11 is 0. The van der Waals surface area contributed by atoms with Gasteiger partial charge in [-0.15, -0.1) is 0 Å². The smallest absolute Gasteiger partial charge is 0.306 e. The quantitative estimate of drug-likeness (QED) is 0.637. The SMILES string of the molecule is CCC(=O)OC1(C)CCC(C)C(C)C1. The van der Waals surface area contributed by atoms with E-state index in [9.17, 15) is 4.79 Å². The van der Waals surface area contributed by atoms with Gasteiger partial charge in [0.1, 0.15) is 5.60 Å². The number of rotatable bonds is 2. The van der Waals surface area contributed by atoms with Gasteiger partial charge in [0, 0.05) is 6.42 Å². The van der Waals surface area contributed by atoms with Gasteiger partial charge in [-0.3, -0.25) is 4.79 Å². The van der Waals surface area contributed by atoms with Crippen molar-refractivity contribution in [2.24, 2.45) is 11.8 Å². The van der Waals surface area contributed by atoms with Crippen LogP contribution in [0.2, 0.25) is 0 Å². The zero-order chi connectivity index (χ0) is 10.8. The lowest BCUT2D eigenvalue weighted by atomic mass is 9.74. The molecule has 1 aliphatic rings. The van der Waals surface area contributed by atoms with Gasteiger partial charge in [0.15, 0.2) is 0 Å². The number of esters is 1. The number of carbonyl (C=O) groups excluding carboxylic acids is 1. The molecule has 0 aromatic heterocycles. The highest BCUT2D eigenvalue weighted by Crippen LogP contribution is 2.38. The van der Waals surface area contributed by atoms with Crippen molar-refractivity contribution >= 4 is 5.97 Å². The first kappa shape index (κ1) is 11.5. The van der Waals surface area contributed by atoms with Crippen molar-refractivity contribution in [2.75, 3.05) is 0 Å². The van der Waals surface area contributed by atoms with Crippen LogP contribution in [-0.4, -0.2) is 11.6 Å². The van der Waals surface area contributed by atoms with Crippen LogP contribution in [0.25, 0.3) is 0 Å². The fourth-order valence-electron chi connectivity index (χ4n) is 2.24. The number of hydrogen-bond donors (Lipinski definition) is 0. The molecule has 1 saturated carbocycles. The first-order chi connectivity index (χ1) is 6.47. The highest BCUT2D eigenvalue weighted by atomic mass is 16.6. The minimum absolute atomic E-state index is 0.0609. The standard InChI is InChI=1S/C12H22O2/c1-5-11(13)14-12(4)7-6-9(2)10(3)8-12/h9-10H,5-8H2,1-4H3. The maximum atomic E-state index is 11.3. The van der Waals surface area contributed by atoms with Crippen molar-refractivity contribution < 1.29 is 9.53 Å². The van der Waals surface area contributed by atoms with Gasteiger partial charge in [-0.05, 0) is 38.0 Å². The van der Waals surface area contributed by atoms with E-state index in [4.69, 9.17) is 4.74 Å². The molecule has 1 aliphatic carbocycles. The predicted molar refractivity (Wildman–Crippen MR) is 57.0 cm³/mol.